The molecule has 0 amide bonds. The van der Waals surface area contributed by atoms with Gasteiger partial charge in [-0.15, -0.1) is 0 Å². The summed E-state index contributed by atoms with van der Waals surface area (Å²) in [7, 11) is -3.83. The number of hydrogen-bond donors (Lipinski definition) is 2. The monoisotopic (exact) mass is 297 g/mol. The van der Waals surface area contributed by atoms with E-state index >= 15 is 0 Å². The SMILES string of the molecule is CC1CC(NS(=O)(=O)c2ccc(C#CCO)cc2F)C1. The summed E-state index contributed by atoms with van der Waals surface area (Å²) in [4.78, 5) is -0.369. The van der Waals surface area contributed by atoms with Gasteiger partial charge in [0.15, 0.2) is 0 Å². The van der Waals surface area contributed by atoms with Crippen LogP contribution in [0.3, 0.4) is 0 Å². The summed E-state index contributed by atoms with van der Waals surface area (Å²) in [5.41, 5.74) is 0.327. The molecule has 0 saturated heterocycles. The molecule has 0 aliphatic heterocycles. The minimum atomic E-state index is -3.83. The van der Waals surface area contributed by atoms with Gasteiger partial charge in [-0.05, 0) is 37.0 Å². The molecule has 0 aromatic heterocycles. The number of benzene rings is 1. The lowest BCUT2D eigenvalue weighted by atomic mass is 9.83. The molecule has 4 nitrogen and oxygen atoms in total. The van der Waals surface area contributed by atoms with Gasteiger partial charge in [0.1, 0.15) is 17.3 Å². The zero-order chi connectivity index (χ0) is 14.8. The van der Waals surface area contributed by atoms with Crippen molar-refractivity contribution in [2.75, 3.05) is 6.61 Å². The Hall–Kier alpha value is -1.42. The second-order valence-electron chi connectivity index (χ2n) is 5.00. The van der Waals surface area contributed by atoms with E-state index in [1.165, 1.54) is 12.1 Å². The first-order valence-electron chi connectivity index (χ1n) is 6.34. The molecule has 1 saturated carbocycles. The summed E-state index contributed by atoms with van der Waals surface area (Å²) in [5, 5.41) is 8.56. The number of rotatable bonds is 3. The maximum atomic E-state index is 13.9. The van der Waals surface area contributed by atoms with Crippen LogP contribution in [-0.2, 0) is 10.0 Å². The van der Waals surface area contributed by atoms with Gasteiger partial charge in [0.2, 0.25) is 10.0 Å². The van der Waals surface area contributed by atoms with Gasteiger partial charge < -0.3 is 5.11 Å². The van der Waals surface area contributed by atoms with Gasteiger partial charge in [0.25, 0.3) is 0 Å². The molecule has 2 rings (SSSR count). The highest BCUT2D eigenvalue weighted by Gasteiger charge is 2.30. The quantitative estimate of drug-likeness (QED) is 0.825. The minimum Gasteiger partial charge on any atom is -0.384 e. The van der Waals surface area contributed by atoms with E-state index in [9.17, 15) is 12.8 Å². The van der Waals surface area contributed by atoms with Crippen LogP contribution in [0.4, 0.5) is 4.39 Å². The van der Waals surface area contributed by atoms with Gasteiger partial charge in [0, 0.05) is 11.6 Å². The van der Waals surface area contributed by atoms with Crippen LogP contribution in [-0.4, -0.2) is 26.2 Å². The summed E-state index contributed by atoms with van der Waals surface area (Å²) >= 11 is 0. The molecule has 1 aromatic carbocycles. The lowest BCUT2D eigenvalue weighted by molar-refractivity contribution is 0.270. The van der Waals surface area contributed by atoms with Gasteiger partial charge in [0.05, 0.1) is 0 Å². The van der Waals surface area contributed by atoms with E-state index in [-0.39, 0.29) is 17.5 Å². The lowest BCUT2D eigenvalue weighted by Gasteiger charge is -2.32. The first-order valence-corrected chi connectivity index (χ1v) is 7.82. The van der Waals surface area contributed by atoms with E-state index in [1.54, 1.807) is 0 Å². The standard InChI is InChI=1S/C14H16FNO3S/c1-10-7-12(8-10)16-20(18,19)14-5-4-11(3-2-6-17)9-13(14)15/h4-5,9-10,12,16-17H,6-8H2,1H3. The smallest absolute Gasteiger partial charge is 0.243 e. The Kier molecular flexibility index (Phi) is 4.43. The Balaban J connectivity index is 2.19. The van der Waals surface area contributed by atoms with Crippen LogP contribution >= 0.6 is 0 Å². The van der Waals surface area contributed by atoms with Crippen LogP contribution in [0.1, 0.15) is 25.3 Å². The van der Waals surface area contributed by atoms with Crippen LogP contribution in [0.2, 0.25) is 0 Å². The molecule has 0 spiro atoms. The normalized spacial score (nSPS) is 21.8. The van der Waals surface area contributed by atoms with Gasteiger partial charge in [-0.1, -0.05) is 18.8 Å². The van der Waals surface area contributed by atoms with Crippen molar-refractivity contribution in [1.82, 2.24) is 4.72 Å². The molecule has 1 aliphatic carbocycles. The Labute approximate surface area is 118 Å². The van der Waals surface area contributed by atoms with Crippen molar-refractivity contribution in [3.05, 3.63) is 29.6 Å². The fourth-order valence-electron chi connectivity index (χ4n) is 2.22. The molecule has 6 heteroatoms. The van der Waals surface area contributed by atoms with E-state index in [0.717, 1.165) is 18.9 Å². The molecule has 0 unspecified atom stereocenters. The van der Waals surface area contributed by atoms with Crippen LogP contribution < -0.4 is 4.72 Å². The predicted octanol–water partition coefficient (Wildman–Crippen LogP) is 1.25. The zero-order valence-electron chi connectivity index (χ0n) is 11.1. The van der Waals surface area contributed by atoms with Gasteiger partial charge in [-0.2, -0.15) is 0 Å². The third-order valence-corrected chi connectivity index (χ3v) is 4.78. The second-order valence-corrected chi connectivity index (χ2v) is 6.68. The van der Waals surface area contributed by atoms with Crippen molar-refractivity contribution >= 4 is 10.0 Å². The van der Waals surface area contributed by atoms with Crippen LogP contribution in [0.5, 0.6) is 0 Å². The van der Waals surface area contributed by atoms with Crippen molar-refractivity contribution < 1.29 is 17.9 Å². The van der Waals surface area contributed by atoms with Gasteiger partial charge in [-0.3, -0.25) is 0 Å². The topological polar surface area (TPSA) is 66.4 Å². The summed E-state index contributed by atoms with van der Waals surface area (Å²) in [6, 6.07) is 3.56. The van der Waals surface area contributed by atoms with Gasteiger partial charge >= 0.3 is 0 Å². The van der Waals surface area contributed by atoms with Crippen molar-refractivity contribution in [2.24, 2.45) is 5.92 Å². The van der Waals surface area contributed by atoms with Crippen molar-refractivity contribution in [3.8, 4) is 11.8 Å². The third-order valence-electron chi connectivity index (χ3n) is 3.23. The lowest BCUT2D eigenvalue weighted by Crippen LogP contribution is -2.43. The Morgan fingerprint density at radius 2 is 2.15 bits per heavy atom. The van der Waals surface area contributed by atoms with E-state index in [1.807, 2.05) is 6.92 Å². The first kappa shape index (κ1) is 15.0. The molecule has 0 radical (unpaired) electrons. The first-order chi connectivity index (χ1) is 9.42. The molecular weight excluding hydrogens is 281 g/mol. The van der Waals surface area contributed by atoms with E-state index in [0.29, 0.717) is 11.5 Å². The van der Waals surface area contributed by atoms with Crippen LogP contribution in [0.25, 0.3) is 0 Å². The molecule has 2 N–H and O–H groups in total. The largest absolute Gasteiger partial charge is 0.384 e. The summed E-state index contributed by atoms with van der Waals surface area (Å²) < 4.78 is 40.5. The Morgan fingerprint density at radius 1 is 1.45 bits per heavy atom. The number of nitrogens with one attached hydrogen (secondary N) is 1. The molecule has 1 fully saturated rings. The number of sulfonamides is 1. The molecule has 0 atom stereocenters. The van der Waals surface area contributed by atoms with Crippen molar-refractivity contribution in [2.45, 2.75) is 30.7 Å². The minimum absolute atomic E-state index is 0.108. The summed E-state index contributed by atoms with van der Waals surface area (Å²) in [6.45, 7) is 1.71. The maximum Gasteiger partial charge on any atom is 0.243 e. The van der Waals surface area contributed by atoms with Crippen LogP contribution in [0.15, 0.2) is 23.1 Å². The van der Waals surface area contributed by atoms with Crippen molar-refractivity contribution in [3.63, 3.8) is 0 Å². The van der Waals surface area contributed by atoms with E-state index in [4.69, 9.17) is 5.11 Å². The fourth-order valence-corrected chi connectivity index (χ4v) is 3.54. The zero-order valence-corrected chi connectivity index (χ0v) is 11.9. The van der Waals surface area contributed by atoms with Crippen LogP contribution in [0, 0.1) is 23.6 Å². The number of aliphatic hydroxyl groups excluding tert-OH is 1. The highest BCUT2D eigenvalue weighted by molar-refractivity contribution is 7.89. The number of aliphatic hydroxyl groups is 1. The van der Waals surface area contributed by atoms with Gasteiger partial charge in [-0.25, -0.2) is 17.5 Å². The number of halogens is 1. The summed E-state index contributed by atoms with van der Waals surface area (Å²) in [5.74, 6) is 4.57. The fraction of sp³-hybridized carbons (Fsp3) is 0.429. The molecule has 0 bridgehead atoms. The highest BCUT2D eigenvalue weighted by Crippen LogP contribution is 2.28. The highest BCUT2D eigenvalue weighted by atomic mass is 32.2. The summed E-state index contributed by atoms with van der Waals surface area (Å²) in [6.07, 6.45) is 1.56. The van der Waals surface area contributed by atoms with Crippen molar-refractivity contribution in [1.29, 1.82) is 0 Å². The molecular formula is C14H16FNO3S. The Bertz CT molecular complexity index is 655. The molecule has 1 aromatic rings. The average Bonchev–Trinajstić information content (AvgIpc) is 2.34. The molecule has 20 heavy (non-hydrogen) atoms. The predicted molar refractivity (Wildman–Crippen MR) is 72.9 cm³/mol. The third kappa shape index (κ3) is 3.37. The molecule has 108 valence electrons. The molecule has 0 heterocycles. The maximum absolute atomic E-state index is 13.9. The second kappa shape index (κ2) is 5.92. The van der Waals surface area contributed by atoms with E-state index < -0.39 is 15.8 Å². The average molecular weight is 297 g/mol. The Morgan fingerprint density at radius 3 is 2.70 bits per heavy atom. The molecule has 1 aliphatic rings. The van der Waals surface area contributed by atoms with E-state index in [2.05, 4.69) is 16.6 Å². The number of hydrogen-bond acceptors (Lipinski definition) is 3.